The van der Waals surface area contributed by atoms with E-state index in [1.165, 1.54) is 7.11 Å². The molecular weight excluding hydrogens is 246 g/mol. The van der Waals surface area contributed by atoms with Gasteiger partial charge in [0, 0.05) is 5.57 Å². The van der Waals surface area contributed by atoms with Crippen molar-refractivity contribution in [3.05, 3.63) is 48.0 Å². The second-order valence-corrected chi connectivity index (χ2v) is 4.19. The van der Waals surface area contributed by atoms with Crippen LogP contribution in [-0.2, 0) is 19.1 Å². The molecule has 1 fully saturated rings. The minimum absolute atomic E-state index is 0.0564. The number of amides is 2. The molecule has 0 N–H and O–H groups in total. The number of nitrogens with zero attached hydrogens (tertiary/aromatic N) is 1. The predicted molar refractivity (Wildman–Crippen MR) is 66.8 cm³/mol. The maximum Gasteiger partial charge on any atom is 0.333 e. The zero-order valence-corrected chi connectivity index (χ0v) is 10.5. The summed E-state index contributed by atoms with van der Waals surface area (Å²) in [5.74, 6) is -1.61. The van der Waals surface area contributed by atoms with Crippen LogP contribution >= 0.6 is 0 Å². The summed E-state index contributed by atoms with van der Waals surface area (Å²) < 4.78 is 4.70. The van der Waals surface area contributed by atoms with Crippen molar-refractivity contribution >= 4 is 17.8 Å². The molecule has 1 aromatic carbocycles. The molecule has 98 valence electrons. The van der Waals surface area contributed by atoms with Crippen molar-refractivity contribution < 1.29 is 19.1 Å². The van der Waals surface area contributed by atoms with Gasteiger partial charge in [0.15, 0.2) is 6.04 Å². The van der Waals surface area contributed by atoms with Crippen LogP contribution in [0.4, 0.5) is 0 Å². The molecule has 2 amide bonds. The number of likely N-dealkylation sites (tertiary alicyclic amines) is 1. The zero-order chi connectivity index (χ0) is 14.0. The molecule has 2 rings (SSSR count). The second kappa shape index (κ2) is 5.06. The SMILES string of the molecule is C=C1CC(=O)N([C@@H](C(=O)OC)c2ccccc2)C1=O. The third kappa shape index (κ3) is 2.27. The van der Waals surface area contributed by atoms with Gasteiger partial charge in [0.05, 0.1) is 13.5 Å². The van der Waals surface area contributed by atoms with E-state index in [1.54, 1.807) is 30.3 Å². The number of methoxy groups -OCH3 is 1. The summed E-state index contributed by atoms with van der Waals surface area (Å²) >= 11 is 0. The lowest BCUT2D eigenvalue weighted by atomic mass is 10.1. The molecule has 0 radical (unpaired) electrons. The van der Waals surface area contributed by atoms with E-state index in [1.807, 2.05) is 0 Å². The molecule has 0 aromatic heterocycles. The van der Waals surface area contributed by atoms with E-state index in [-0.39, 0.29) is 12.0 Å². The average molecular weight is 259 g/mol. The van der Waals surface area contributed by atoms with E-state index in [9.17, 15) is 14.4 Å². The Labute approximate surface area is 110 Å². The number of carbonyl (C=O) groups is 3. The summed E-state index contributed by atoms with van der Waals surface area (Å²) in [5.41, 5.74) is 0.723. The lowest BCUT2D eigenvalue weighted by Gasteiger charge is -2.23. The van der Waals surface area contributed by atoms with Gasteiger partial charge >= 0.3 is 5.97 Å². The molecule has 1 atom stereocenters. The van der Waals surface area contributed by atoms with Crippen LogP contribution in [0.15, 0.2) is 42.5 Å². The largest absolute Gasteiger partial charge is 0.467 e. The summed E-state index contributed by atoms with van der Waals surface area (Å²) in [6.07, 6.45) is -0.0564. The van der Waals surface area contributed by atoms with Gasteiger partial charge in [0.25, 0.3) is 5.91 Å². The van der Waals surface area contributed by atoms with Gasteiger partial charge in [-0.05, 0) is 5.56 Å². The first-order chi connectivity index (χ1) is 9.06. The number of benzene rings is 1. The molecule has 0 unspecified atom stereocenters. The number of carbonyl (C=O) groups excluding carboxylic acids is 3. The Balaban J connectivity index is 2.45. The zero-order valence-electron chi connectivity index (χ0n) is 10.5. The highest BCUT2D eigenvalue weighted by molar-refractivity contribution is 6.14. The van der Waals surface area contributed by atoms with Crippen LogP contribution in [0.25, 0.3) is 0 Å². The standard InChI is InChI=1S/C14H13NO4/c1-9-8-11(16)15(13(9)17)12(14(18)19-2)10-6-4-3-5-7-10/h3-7,12H,1,8H2,2H3/t12-/m1/s1. The Kier molecular flexibility index (Phi) is 3.46. The summed E-state index contributed by atoms with van der Waals surface area (Å²) in [5, 5.41) is 0. The van der Waals surface area contributed by atoms with Gasteiger partial charge in [0.2, 0.25) is 5.91 Å². The summed E-state index contributed by atoms with van der Waals surface area (Å²) in [4.78, 5) is 36.6. The predicted octanol–water partition coefficient (Wildman–Crippen LogP) is 1.22. The van der Waals surface area contributed by atoms with Crippen molar-refractivity contribution in [3.63, 3.8) is 0 Å². The van der Waals surface area contributed by atoms with E-state index in [2.05, 4.69) is 6.58 Å². The van der Waals surface area contributed by atoms with Crippen molar-refractivity contribution in [1.82, 2.24) is 4.90 Å². The minimum Gasteiger partial charge on any atom is -0.467 e. The van der Waals surface area contributed by atoms with Gasteiger partial charge in [-0.1, -0.05) is 36.9 Å². The van der Waals surface area contributed by atoms with Crippen molar-refractivity contribution in [1.29, 1.82) is 0 Å². The Bertz CT molecular complexity index is 550. The van der Waals surface area contributed by atoms with Crippen LogP contribution < -0.4 is 0 Å². The molecule has 1 aliphatic rings. The van der Waals surface area contributed by atoms with E-state index in [0.717, 1.165) is 4.90 Å². The van der Waals surface area contributed by atoms with Gasteiger partial charge in [0.1, 0.15) is 0 Å². The molecule has 0 aliphatic carbocycles. The number of hydrogen-bond donors (Lipinski definition) is 0. The highest BCUT2D eigenvalue weighted by atomic mass is 16.5. The van der Waals surface area contributed by atoms with Crippen LogP contribution in [0, 0.1) is 0 Å². The molecule has 5 nitrogen and oxygen atoms in total. The summed E-state index contributed by atoms with van der Waals surface area (Å²) in [7, 11) is 1.22. The van der Waals surface area contributed by atoms with Gasteiger partial charge < -0.3 is 4.74 Å². The lowest BCUT2D eigenvalue weighted by Crippen LogP contribution is -2.38. The number of hydrogen-bond acceptors (Lipinski definition) is 4. The fraction of sp³-hybridized carbons (Fsp3) is 0.214. The normalized spacial score (nSPS) is 16.7. The molecule has 0 bridgehead atoms. The fourth-order valence-corrected chi connectivity index (χ4v) is 2.03. The molecule has 1 saturated heterocycles. The highest BCUT2D eigenvalue weighted by Crippen LogP contribution is 2.29. The Morgan fingerprint density at radius 1 is 1.32 bits per heavy atom. The summed E-state index contributed by atoms with van der Waals surface area (Å²) in [6, 6.07) is 7.53. The first kappa shape index (κ1) is 13.0. The highest BCUT2D eigenvalue weighted by Gasteiger charge is 2.42. The smallest absolute Gasteiger partial charge is 0.333 e. The number of rotatable bonds is 3. The van der Waals surface area contributed by atoms with Gasteiger partial charge in [-0.3, -0.25) is 14.5 Å². The van der Waals surface area contributed by atoms with Crippen molar-refractivity contribution in [2.24, 2.45) is 0 Å². The van der Waals surface area contributed by atoms with Crippen molar-refractivity contribution in [3.8, 4) is 0 Å². The quantitative estimate of drug-likeness (QED) is 0.465. The van der Waals surface area contributed by atoms with Gasteiger partial charge in [-0.2, -0.15) is 0 Å². The maximum atomic E-state index is 11.9. The molecule has 0 spiro atoms. The van der Waals surface area contributed by atoms with Crippen molar-refractivity contribution in [2.75, 3.05) is 7.11 Å². The second-order valence-electron chi connectivity index (χ2n) is 4.19. The van der Waals surface area contributed by atoms with Crippen molar-refractivity contribution in [2.45, 2.75) is 12.5 Å². The Hall–Kier alpha value is -2.43. The molecule has 19 heavy (non-hydrogen) atoms. The average Bonchev–Trinajstić information content (AvgIpc) is 2.66. The third-order valence-corrected chi connectivity index (χ3v) is 2.95. The fourth-order valence-electron chi connectivity index (χ4n) is 2.03. The van der Waals surface area contributed by atoms with Crippen LogP contribution in [-0.4, -0.2) is 29.8 Å². The maximum absolute atomic E-state index is 11.9. The lowest BCUT2D eigenvalue weighted by molar-refractivity contribution is -0.156. The van der Waals surface area contributed by atoms with Crippen LogP contribution in [0.5, 0.6) is 0 Å². The summed E-state index contributed by atoms with van der Waals surface area (Å²) in [6.45, 7) is 3.53. The van der Waals surface area contributed by atoms with Crippen LogP contribution in [0.1, 0.15) is 18.0 Å². The number of esters is 1. The van der Waals surface area contributed by atoms with Crippen LogP contribution in [0.3, 0.4) is 0 Å². The van der Waals surface area contributed by atoms with Gasteiger partial charge in [-0.15, -0.1) is 0 Å². The number of imide groups is 1. The number of ether oxygens (including phenoxy) is 1. The Morgan fingerprint density at radius 3 is 2.42 bits per heavy atom. The first-order valence-corrected chi connectivity index (χ1v) is 5.73. The molecule has 5 heteroatoms. The first-order valence-electron chi connectivity index (χ1n) is 5.73. The molecule has 0 saturated carbocycles. The van der Waals surface area contributed by atoms with E-state index in [0.29, 0.717) is 5.56 Å². The van der Waals surface area contributed by atoms with Gasteiger partial charge in [-0.25, -0.2) is 4.79 Å². The molecule has 1 aromatic rings. The molecule has 1 heterocycles. The third-order valence-electron chi connectivity index (χ3n) is 2.95. The van der Waals surface area contributed by atoms with Crippen LogP contribution in [0.2, 0.25) is 0 Å². The van der Waals surface area contributed by atoms with E-state index < -0.39 is 23.8 Å². The Morgan fingerprint density at radius 2 is 1.95 bits per heavy atom. The van der Waals surface area contributed by atoms with E-state index >= 15 is 0 Å². The molecular formula is C14H13NO4. The monoisotopic (exact) mass is 259 g/mol. The molecule has 1 aliphatic heterocycles. The van der Waals surface area contributed by atoms with E-state index in [4.69, 9.17) is 4.74 Å². The topological polar surface area (TPSA) is 63.7 Å². The minimum atomic E-state index is -1.05.